The van der Waals surface area contributed by atoms with Gasteiger partial charge in [-0.05, 0) is 35.0 Å². The number of carbonyl (C=O) groups is 1. The van der Waals surface area contributed by atoms with E-state index in [-0.39, 0.29) is 18.5 Å². The lowest BCUT2D eigenvalue weighted by Gasteiger charge is -2.08. The van der Waals surface area contributed by atoms with Crippen molar-refractivity contribution in [2.75, 3.05) is 11.9 Å². The Hall–Kier alpha value is -3.42. The lowest BCUT2D eigenvalue weighted by molar-refractivity contribution is -0.118. The molecule has 24 heavy (non-hydrogen) atoms. The maximum atomic E-state index is 11.6. The summed E-state index contributed by atoms with van der Waals surface area (Å²) >= 11 is 0. The number of nitrogens with one attached hydrogen (secondary N) is 2. The third-order valence-electron chi connectivity index (χ3n) is 3.04. The number of nitrogens with zero attached hydrogens (tertiary/aromatic N) is 3. The molecule has 0 spiro atoms. The van der Waals surface area contributed by atoms with Gasteiger partial charge >= 0.3 is 0 Å². The zero-order valence-electron chi connectivity index (χ0n) is 12.7. The standard InChI is InChI=1S/C16H15N5O3/c22-15(17-16-18-20-21-19-16)11-24-14-8-6-13(7-9-14)23-10-12-4-2-1-3-5-12/h1-9H,10-11H2,(H2,17,18,19,20,21,22). The highest BCUT2D eigenvalue weighted by Crippen LogP contribution is 2.18. The van der Waals surface area contributed by atoms with Gasteiger partial charge in [-0.2, -0.15) is 5.21 Å². The second-order valence-electron chi connectivity index (χ2n) is 4.82. The summed E-state index contributed by atoms with van der Waals surface area (Å²) in [6.07, 6.45) is 0. The van der Waals surface area contributed by atoms with Crippen LogP contribution >= 0.6 is 0 Å². The van der Waals surface area contributed by atoms with Gasteiger partial charge in [0.2, 0.25) is 0 Å². The third kappa shape index (κ3) is 4.54. The van der Waals surface area contributed by atoms with E-state index in [0.717, 1.165) is 11.3 Å². The number of rotatable bonds is 7. The number of benzene rings is 2. The molecule has 8 nitrogen and oxygen atoms in total. The first-order valence-electron chi connectivity index (χ1n) is 7.22. The van der Waals surface area contributed by atoms with Crippen LogP contribution < -0.4 is 14.8 Å². The molecule has 1 aromatic heterocycles. The summed E-state index contributed by atoms with van der Waals surface area (Å²) in [5.41, 5.74) is 1.09. The molecule has 0 aliphatic rings. The number of anilines is 1. The minimum absolute atomic E-state index is 0.105. The van der Waals surface area contributed by atoms with Crippen molar-refractivity contribution in [1.82, 2.24) is 20.6 Å². The van der Waals surface area contributed by atoms with Crippen LogP contribution in [0.2, 0.25) is 0 Å². The molecule has 0 aliphatic heterocycles. The summed E-state index contributed by atoms with van der Waals surface area (Å²) in [6.45, 7) is 0.340. The minimum Gasteiger partial charge on any atom is -0.489 e. The van der Waals surface area contributed by atoms with Crippen molar-refractivity contribution in [3.8, 4) is 11.5 Å². The van der Waals surface area contributed by atoms with Gasteiger partial charge < -0.3 is 9.47 Å². The van der Waals surface area contributed by atoms with E-state index in [1.807, 2.05) is 30.3 Å². The molecule has 2 N–H and O–H groups in total. The van der Waals surface area contributed by atoms with E-state index in [2.05, 4.69) is 25.9 Å². The van der Waals surface area contributed by atoms with Crippen molar-refractivity contribution >= 4 is 11.9 Å². The van der Waals surface area contributed by atoms with Crippen molar-refractivity contribution < 1.29 is 14.3 Å². The summed E-state index contributed by atoms with van der Waals surface area (Å²) in [5, 5.41) is 15.2. The largest absolute Gasteiger partial charge is 0.489 e. The molecular weight excluding hydrogens is 310 g/mol. The van der Waals surface area contributed by atoms with Crippen LogP contribution in [0.5, 0.6) is 11.5 Å². The molecule has 0 saturated carbocycles. The number of carbonyl (C=O) groups excluding carboxylic acids is 1. The van der Waals surface area contributed by atoms with Crippen LogP contribution in [0.25, 0.3) is 0 Å². The quantitative estimate of drug-likeness (QED) is 0.687. The Balaban J connectivity index is 1.45. The molecule has 0 fully saturated rings. The van der Waals surface area contributed by atoms with E-state index < -0.39 is 0 Å². The van der Waals surface area contributed by atoms with Gasteiger partial charge in [-0.15, -0.1) is 5.10 Å². The molecule has 0 unspecified atom stereocenters. The maximum Gasteiger partial charge on any atom is 0.269 e. The second kappa shape index (κ2) is 7.73. The summed E-state index contributed by atoms with van der Waals surface area (Å²) < 4.78 is 11.1. The Kier molecular flexibility index (Phi) is 4.98. The highest BCUT2D eigenvalue weighted by Gasteiger charge is 2.06. The Morgan fingerprint density at radius 2 is 1.71 bits per heavy atom. The smallest absolute Gasteiger partial charge is 0.269 e. The summed E-state index contributed by atoms with van der Waals surface area (Å²) in [5.74, 6) is 1.02. The van der Waals surface area contributed by atoms with Gasteiger partial charge in [0.15, 0.2) is 6.61 Å². The molecule has 0 saturated heterocycles. The van der Waals surface area contributed by atoms with Gasteiger partial charge in [-0.1, -0.05) is 35.4 Å². The number of aromatic nitrogens is 4. The topological polar surface area (TPSA) is 102 Å². The van der Waals surface area contributed by atoms with Crippen molar-refractivity contribution in [2.24, 2.45) is 0 Å². The highest BCUT2D eigenvalue weighted by atomic mass is 16.5. The third-order valence-corrected chi connectivity index (χ3v) is 3.04. The highest BCUT2D eigenvalue weighted by molar-refractivity contribution is 5.90. The fourth-order valence-electron chi connectivity index (χ4n) is 1.90. The minimum atomic E-state index is -0.374. The van der Waals surface area contributed by atoms with Crippen LogP contribution in [0, 0.1) is 0 Å². The fourth-order valence-corrected chi connectivity index (χ4v) is 1.90. The summed E-state index contributed by atoms with van der Waals surface area (Å²) in [7, 11) is 0. The predicted molar refractivity (Wildman–Crippen MR) is 85.5 cm³/mol. The molecule has 2 aromatic carbocycles. The number of hydrogen-bond acceptors (Lipinski definition) is 6. The lowest BCUT2D eigenvalue weighted by Crippen LogP contribution is -2.20. The Labute approximate surface area is 137 Å². The molecule has 122 valence electrons. The average Bonchev–Trinajstić information content (AvgIpc) is 3.13. The Bertz CT molecular complexity index is 760. The number of aromatic amines is 1. The molecule has 0 aliphatic carbocycles. The van der Waals surface area contributed by atoms with E-state index in [1.165, 1.54) is 0 Å². The zero-order valence-corrected chi connectivity index (χ0v) is 12.7. The van der Waals surface area contributed by atoms with E-state index in [4.69, 9.17) is 9.47 Å². The van der Waals surface area contributed by atoms with Crippen molar-refractivity contribution in [2.45, 2.75) is 6.61 Å². The van der Waals surface area contributed by atoms with E-state index in [9.17, 15) is 4.79 Å². The number of hydrogen-bond donors (Lipinski definition) is 2. The van der Waals surface area contributed by atoms with Crippen LogP contribution in [0.1, 0.15) is 5.56 Å². The molecule has 0 radical (unpaired) electrons. The molecule has 1 heterocycles. The van der Waals surface area contributed by atoms with Crippen molar-refractivity contribution in [1.29, 1.82) is 0 Å². The summed E-state index contributed by atoms with van der Waals surface area (Å²) in [4.78, 5) is 11.6. The van der Waals surface area contributed by atoms with Crippen LogP contribution in [-0.2, 0) is 11.4 Å². The zero-order chi connectivity index (χ0) is 16.6. The first-order chi connectivity index (χ1) is 11.8. The van der Waals surface area contributed by atoms with Crippen molar-refractivity contribution in [3.63, 3.8) is 0 Å². The molecule has 3 aromatic rings. The van der Waals surface area contributed by atoms with Gasteiger partial charge in [0.1, 0.15) is 18.1 Å². The molecule has 8 heteroatoms. The van der Waals surface area contributed by atoms with E-state index in [1.54, 1.807) is 24.3 Å². The molecule has 0 bridgehead atoms. The van der Waals surface area contributed by atoms with Crippen molar-refractivity contribution in [3.05, 3.63) is 60.2 Å². The number of ether oxygens (including phenoxy) is 2. The van der Waals surface area contributed by atoms with Gasteiger partial charge in [-0.25, -0.2) is 0 Å². The normalized spacial score (nSPS) is 10.2. The van der Waals surface area contributed by atoms with Gasteiger partial charge in [-0.3, -0.25) is 10.1 Å². The van der Waals surface area contributed by atoms with Gasteiger partial charge in [0.05, 0.1) is 0 Å². The maximum absolute atomic E-state index is 11.6. The SMILES string of the molecule is O=C(COc1ccc(OCc2ccccc2)cc1)Nc1nn[nH]n1. The molecule has 1 amide bonds. The first-order valence-corrected chi connectivity index (χ1v) is 7.22. The number of H-pyrrole nitrogens is 1. The van der Waals surface area contributed by atoms with Gasteiger partial charge in [0, 0.05) is 0 Å². The molecular formula is C16H15N5O3. The number of amides is 1. The summed E-state index contributed by atoms with van der Waals surface area (Å²) in [6, 6.07) is 16.9. The monoisotopic (exact) mass is 325 g/mol. The lowest BCUT2D eigenvalue weighted by atomic mass is 10.2. The van der Waals surface area contributed by atoms with Crippen LogP contribution in [-0.4, -0.2) is 33.1 Å². The van der Waals surface area contributed by atoms with Crippen LogP contribution in [0.15, 0.2) is 54.6 Å². The fraction of sp³-hybridized carbons (Fsp3) is 0.125. The number of tetrazole rings is 1. The molecule has 3 rings (SSSR count). The Morgan fingerprint density at radius 1 is 1.00 bits per heavy atom. The predicted octanol–water partition coefficient (Wildman–Crippen LogP) is 1.80. The first kappa shape index (κ1) is 15.5. The van der Waals surface area contributed by atoms with Gasteiger partial charge in [0.25, 0.3) is 11.9 Å². The second-order valence-corrected chi connectivity index (χ2v) is 4.82. The van der Waals surface area contributed by atoms with E-state index >= 15 is 0 Å². The molecule has 0 atom stereocenters. The van der Waals surface area contributed by atoms with E-state index in [0.29, 0.717) is 12.4 Å². The van der Waals surface area contributed by atoms with Crippen LogP contribution in [0.4, 0.5) is 5.95 Å². The average molecular weight is 325 g/mol. The Morgan fingerprint density at radius 3 is 2.38 bits per heavy atom. The van der Waals surface area contributed by atoms with Crippen LogP contribution in [0.3, 0.4) is 0 Å².